The summed E-state index contributed by atoms with van der Waals surface area (Å²) in [5, 5.41) is 2.67. The number of alkyl carbamates (subject to hydrolysis) is 1. The van der Waals surface area contributed by atoms with Crippen molar-refractivity contribution in [2.45, 2.75) is 38.8 Å². The van der Waals surface area contributed by atoms with Crippen LogP contribution in [0.1, 0.15) is 37.6 Å². The van der Waals surface area contributed by atoms with E-state index in [4.69, 9.17) is 9.47 Å². The molecule has 21 heavy (non-hydrogen) atoms. The minimum atomic E-state index is -0.578. The number of methoxy groups -OCH3 is 1. The summed E-state index contributed by atoms with van der Waals surface area (Å²) >= 11 is 0. The van der Waals surface area contributed by atoms with E-state index in [1.54, 1.807) is 45.0 Å². The molecule has 0 aliphatic heterocycles. The van der Waals surface area contributed by atoms with Gasteiger partial charge in [0.1, 0.15) is 5.60 Å². The fourth-order valence-electron chi connectivity index (χ4n) is 1.79. The summed E-state index contributed by atoms with van der Waals surface area (Å²) < 4.78 is 10.2. The van der Waals surface area contributed by atoms with Crippen LogP contribution in [0.15, 0.2) is 30.3 Å². The molecule has 1 unspecified atom stereocenters. The second-order valence-electron chi connectivity index (χ2n) is 5.79. The SMILES string of the molecule is COCC(CC(=O)c1ccccc1)NC(=O)OC(C)(C)C. The lowest BCUT2D eigenvalue weighted by molar-refractivity contribution is 0.0464. The van der Waals surface area contributed by atoms with Crippen molar-refractivity contribution in [2.75, 3.05) is 13.7 Å². The van der Waals surface area contributed by atoms with Crippen LogP contribution < -0.4 is 5.32 Å². The van der Waals surface area contributed by atoms with Crippen molar-refractivity contribution in [3.63, 3.8) is 0 Å². The molecule has 1 atom stereocenters. The molecule has 5 nitrogen and oxygen atoms in total. The molecule has 0 saturated heterocycles. The number of carbonyl (C=O) groups excluding carboxylic acids is 2. The summed E-state index contributed by atoms with van der Waals surface area (Å²) in [4.78, 5) is 23.9. The number of rotatable bonds is 6. The quantitative estimate of drug-likeness (QED) is 0.819. The van der Waals surface area contributed by atoms with E-state index in [1.165, 1.54) is 7.11 Å². The molecule has 1 aromatic carbocycles. The minimum absolute atomic E-state index is 0.0475. The lowest BCUT2D eigenvalue weighted by Gasteiger charge is -2.23. The molecule has 0 saturated carbocycles. The van der Waals surface area contributed by atoms with Crippen molar-refractivity contribution in [1.29, 1.82) is 0 Å². The van der Waals surface area contributed by atoms with Crippen LogP contribution in [0.5, 0.6) is 0 Å². The highest BCUT2D eigenvalue weighted by atomic mass is 16.6. The average molecular weight is 293 g/mol. The number of amides is 1. The number of ether oxygens (including phenoxy) is 2. The van der Waals surface area contributed by atoms with Crippen molar-refractivity contribution in [3.05, 3.63) is 35.9 Å². The third-order valence-corrected chi connectivity index (χ3v) is 2.62. The number of ketones is 1. The van der Waals surface area contributed by atoms with Crippen LogP contribution in [-0.2, 0) is 9.47 Å². The Labute approximate surface area is 125 Å². The normalized spacial score (nSPS) is 12.6. The predicted molar refractivity (Wildman–Crippen MR) is 80.4 cm³/mol. The summed E-state index contributed by atoms with van der Waals surface area (Å²) in [7, 11) is 1.52. The summed E-state index contributed by atoms with van der Waals surface area (Å²) in [6.07, 6.45) is -0.387. The molecule has 0 aliphatic rings. The lowest BCUT2D eigenvalue weighted by atomic mass is 10.0. The zero-order chi connectivity index (χ0) is 15.9. The molecule has 0 heterocycles. The second kappa shape index (κ2) is 7.78. The molecule has 1 aromatic rings. The molecule has 0 radical (unpaired) electrons. The van der Waals surface area contributed by atoms with Gasteiger partial charge in [-0.05, 0) is 20.8 Å². The third kappa shape index (κ3) is 6.90. The van der Waals surface area contributed by atoms with E-state index in [1.807, 2.05) is 6.07 Å². The van der Waals surface area contributed by atoms with E-state index in [0.29, 0.717) is 5.56 Å². The van der Waals surface area contributed by atoms with E-state index in [9.17, 15) is 9.59 Å². The highest BCUT2D eigenvalue weighted by Gasteiger charge is 2.21. The molecule has 0 aliphatic carbocycles. The lowest BCUT2D eigenvalue weighted by Crippen LogP contribution is -2.42. The fourth-order valence-corrected chi connectivity index (χ4v) is 1.79. The highest BCUT2D eigenvalue weighted by Crippen LogP contribution is 2.09. The molecule has 1 amide bonds. The third-order valence-electron chi connectivity index (χ3n) is 2.62. The summed E-state index contributed by atoms with van der Waals surface area (Å²) in [5.41, 5.74) is 0.0371. The van der Waals surface area contributed by atoms with Gasteiger partial charge in [-0.1, -0.05) is 30.3 Å². The number of carbonyl (C=O) groups is 2. The predicted octanol–water partition coefficient (Wildman–Crippen LogP) is 2.80. The molecule has 5 heteroatoms. The van der Waals surface area contributed by atoms with Gasteiger partial charge in [-0.15, -0.1) is 0 Å². The number of benzene rings is 1. The van der Waals surface area contributed by atoms with Crippen LogP contribution in [0, 0.1) is 0 Å². The van der Waals surface area contributed by atoms with Gasteiger partial charge in [0.2, 0.25) is 0 Å². The van der Waals surface area contributed by atoms with Gasteiger partial charge < -0.3 is 14.8 Å². The topological polar surface area (TPSA) is 64.6 Å². The van der Waals surface area contributed by atoms with Gasteiger partial charge >= 0.3 is 6.09 Å². The Morgan fingerprint density at radius 2 is 1.81 bits per heavy atom. The Balaban J connectivity index is 2.61. The molecule has 116 valence electrons. The number of hydrogen-bond acceptors (Lipinski definition) is 4. The van der Waals surface area contributed by atoms with E-state index in [-0.39, 0.29) is 18.8 Å². The Morgan fingerprint density at radius 3 is 2.33 bits per heavy atom. The van der Waals surface area contributed by atoms with Gasteiger partial charge in [0.15, 0.2) is 5.78 Å². The van der Waals surface area contributed by atoms with Crippen LogP contribution >= 0.6 is 0 Å². The first kappa shape index (κ1) is 17.2. The molecular formula is C16H23NO4. The van der Waals surface area contributed by atoms with E-state index in [2.05, 4.69) is 5.32 Å². The van der Waals surface area contributed by atoms with Crippen LogP contribution in [0.2, 0.25) is 0 Å². The zero-order valence-corrected chi connectivity index (χ0v) is 13.0. The smallest absolute Gasteiger partial charge is 0.407 e. The van der Waals surface area contributed by atoms with Gasteiger partial charge in [-0.2, -0.15) is 0 Å². The monoisotopic (exact) mass is 293 g/mol. The Morgan fingerprint density at radius 1 is 1.19 bits per heavy atom. The van der Waals surface area contributed by atoms with Gasteiger partial charge in [0.05, 0.1) is 12.6 Å². The maximum absolute atomic E-state index is 12.1. The maximum atomic E-state index is 12.1. The Hall–Kier alpha value is -1.88. The zero-order valence-electron chi connectivity index (χ0n) is 13.0. The minimum Gasteiger partial charge on any atom is -0.444 e. The average Bonchev–Trinajstić information content (AvgIpc) is 2.37. The van der Waals surface area contributed by atoms with Gasteiger partial charge in [-0.25, -0.2) is 4.79 Å². The van der Waals surface area contributed by atoms with Crippen molar-refractivity contribution >= 4 is 11.9 Å². The summed E-state index contributed by atoms with van der Waals surface area (Å²) in [5.74, 6) is -0.0475. The molecule has 0 aromatic heterocycles. The molecule has 0 fully saturated rings. The first-order valence-electron chi connectivity index (χ1n) is 6.88. The molecule has 1 N–H and O–H groups in total. The van der Waals surface area contributed by atoms with Crippen molar-refractivity contribution in [3.8, 4) is 0 Å². The van der Waals surface area contributed by atoms with Crippen molar-refractivity contribution in [2.24, 2.45) is 0 Å². The fraction of sp³-hybridized carbons (Fsp3) is 0.500. The molecule has 0 bridgehead atoms. The first-order valence-corrected chi connectivity index (χ1v) is 6.88. The van der Waals surface area contributed by atoms with Gasteiger partial charge in [-0.3, -0.25) is 4.79 Å². The van der Waals surface area contributed by atoms with Gasteiger partial charge in [0, 0.05) is 19.1 Å². The number of nitrogens with one attached hydrogen (secondary N) is 1. The van der Waals surface area contributed by atoms with Gasteiger partial charge in [0.25, 0.3) is 0 Å². The molecule has 1 rings (SSSR count). The van der Waals surface area contributed by atoms with Crippen LogP contribution in [-0.4, -0.2) is 37.2 Å². The van der Waals surface area contributed by atoms with Crippen LogP contribution in [0.3, 0.4) is 0 Å². The standard InChI is InChI=1S/C16H23NO4/c1-16(2,3)21-15(19)17-13(11-20-4)10-14(18)12-8-6-5-7-9-12/h5-9,13H,10-11H2,1-4H3,(H,17,19). The van der Waals surface area contributed by atoms with Crippen LogP contribution in [0.25, 0.3) is 0 Å². The highest BCUT2D eigenvalue weighted by molar-refractivity contribution is 5.96. The van der Waals surface area contributed by atoms with Crippen molar-refractivity contribution in [1.82, 2.24) is 5.32 Å². The Bertz CT molecular complexity index is 465. The summed E-state index contributed by atoms with van der Waals surface area (Å²) in [6, 6.07) is 8.54. The van der Waals surface area contributed by atoms with Crippen LogP contribution in [0.4, 0.5) is 4.79 Å². The largest absolute Gasteiger partial charge is 0.444 e. The van der Waals surface area contributed by atoms with E-state index < -0.39 is 17.7 Å². The van der Waals surface area contributed by atoms with E-state index >= 15 is 0 Å². The van der Waals surface area contributed by atoms with Crippen molar-refractivity contribution < 1.29 is 19.1 Å². The summed E-state index contributed by atoms with van der Waals surface area (Å²) in [6.45, 7) is 5.60. The number of Topliss-reactive ketones (excluding diaryl/α,β-unsaturated/α-hetero) is 1. The number of hydrogen-bond donors (Lipinski definition) is 1. The molecular weight excluding hydrogens is 270 g/mol. The van der Waals surface area contributed by atoms with E-state index in [0.717, 1.165) is 0 Å². The second-order valence-corrected chi connectivity index (χ2v) is 5.79. The first-order chi connectivity index (χ1) is 9.81. The Kier molecular flexibility index (Phi) is 6.37. The molecule has 0 spiro atoms. The maximum Gasteiger partial charge on any atom is 0.407 e.